The first-order valence-corrected chi connectivity index (χ1v) is 6.95. The van der Waals surface area contributed by atoms with Crippen molar-refractivity contribution in [2.75, 3.05) is 0 Å². The molecule has 106 valence electrons. The van der Waals surface area contributed by atoms with Crippen molar-refractivity contribution in [3.8, 4) is 0 Å². The third-order valence-corrected chi connectivity index (χ3v) is 3.54. The van der Waals surface area contributed by atoms with E-state index < -0.39 is 0 Å². The SMILES string of the molecule is O=c1c(/C=C/c2nc3ccccc3[nH]2)coc2ccccc12. The van der Waals surface area contributed by atoms with Gasteiger partial charge in [-0.1, -0.05) is 24.3 Å². The number of aromatic amines is 1. The Kier molecular flexibility index (Phi) is 2.86. The van der Waals surface area contributed by atoms with Crippen molar-refractivity contribution >= 4 is 34.2 Å². The molecule has 0 unspecified atom stereocenters. The van der Waals surface area contributed by atoms with Crippen LogP contribution in [0.3, 0.4) is 0 Å². The normalized spacial score (nSPS) is 11.6. The third kappa shape index (κ3) is 2.11. The van der Waals surface area contributed by atoms with E-state index in [0.29, 0.717) is 22.4 Å². The Labute approximate surface area is 125 Å². The number of rotatable bonds is 2. The van der Waals surface area contributed by atoms with Gasteiger partial charge < -0.3 is 9.40 Å². The highest BCUT2D eigenvalue weighted by Gasteiger charge is 2.04. The quantitative estimate of drug-likeness (QED) is 0.609. The van der Waals surface area contributed by atoms with E-state index in [9.17, 15) is 4.79 Å². The topological polar surface area (TPSA) is 58.9 Å². The predicted octanol–water partition coefficient (Wildman–Crippen LogP) is 3.84. The Bertz CT molecular complexity index is 1020. The molecule has 2 aromatic heterocycles. The lowest BCUT2D eigenvalue weighted by Crippen LogP contribution is -2.04. The first-order valence-electron chi connectivity index (χ1n) is 6.95. The summed E-state index contributed by atoms with van der Waals surface area (Å²) in [7, 11) is 0. The molecule has 0 saturated heterocycles. The molecular formula is C18H12N2O2. The second-order valence-corrected chi connectivity index (χ2v) is 4.99. The molecule has 2 aromatic carbocycles. The summed E-state index contributed by atoms with van der Waals surface area (Å²) >= 11 is 0. The van der Waals surface area contributed by atoms with Gasteiger partial charge in [-0.05, 0) is 36.4 Å². The molecule has 0 aliphatic carbocycles. The Hall–Kier alpha value is -3.14. The van der Waals surface area contributed by atoms with Crippen molar-refractivity contribution in [2.45, 2.75) is 0 Å². The van der Waals surface area contributed by atoms with E-state index in [1.807, 2.05) is 36.4 Å². The number of hydrogen-bond donors (Lipinski definition) is 1. The van der Waals surface area contributed by atoms with Crippen LogP contribution < -0.4 is 5.43 Å². The Morgan fingerprint density at radius 2 is 1.82 bits per heavy atom. The molecule has 0 aliphatic rings. The largest absolute Gasteiger partial charge is 0.463 e. The van der Waals surface area contributed by atoms with Crippen LogP contribution in [0.2, 0.25) is 0 Å². The zero-order valence-electron chi connectivity index (χ0n) is 11.6. The molecule has 0 fully saturated rings. The number of para-hydroxylation sites is 3. The lowest BCUT2D eigenvalue weighted by Gasteiger charge is -1.97. The lowest BCUT2D eigenvalue weighted by atomic mass is 10.1. The van der Waals surface area contributed by atoms with Crippen molar-refractivity contribution in [3.63, 3.8) is 0 Å². The molecular weight excluding hydrogens is 276 g/mol. The zero-order valence-corrected chi connectivity index (χ0v) is 11.6. The highest BCUT2D eigenvalue weighted by Crippen LogP contribution is 2.14. The van der Waals surface area contributed by atoms with Crippen molar-refractivity contribution in [3.05, 3.63) is 76.4 Å². The van der Waals surface area contributed by atoms with E-state index in [2.05, 4.69) is 9.97 Å². The molecule has 4 heteroatoms. The second kappa shape index (κ2) is 5.00. The summed E-state index contributed by atoms with van der Waals surface area (Å²) in [5.74, 6) is 0.703. The van der Waals surface area contributed by atoms with Crippen LogP contribution >= 0.6 is 0 Å². The van der Waals surface area contributed by atoms with Gasteiger partial charge in [0.2, 0.25) is 0 Å². The van der Waals surface area contributed by atoms with E-state index in [0.717, 1.165) is 11.0 Å². The summed E-state index contributed by atoms with van der Waals surface area (Å²) in [5, 5.41) is 0.578. The average Bonchev–Trinajstić information content (AvgIpc) is 2.97. The van der Waals surface area contributed by atoms with Gasteiger partial charge in [0, 0.05) is 0 Å². The minimum atomic E-state index is -0.0470. The molecule has 0 saturated carbocycles. The van der Waals surface area contributed by atoms with E-state index in [1.54, 1.807) is 24.3 Å². The molecule has 0 radical (unpaired) electrons. The van der Waals surface area contributed by atoms with E-state index in [1.165, 1.54) is 6.26 Å². The van der Waals surface area contributed by atoms with Crippen LogP contribution in [0.15, 0.2) is 64.0 Å². The third-order valence-electron chi connectivity index (χ3n) is 3.54. The molecule has 4 nitrogen and oxygen atoms in total. The van der Waals surface area contributed by atoms with Crippen LogP contribution in [-0.4, -0.2) is 9.97 Å². The number of nitrogens with one attached hydrogen (secondary N) is 1. The van der Waals surface area contributed by atoms with E-state index in [4.69, 9.17) is 4.42 Å². The van der Waals surface area contributed by atoms with Crippen molar-refractivity contribution in [1.82, 2.24) is 9.97 Å². The van der Waals surface area contributed by atoms with Gasteiger partial charge in [0.05, 0.1) is 22.0 Å². The van der Waals surface area contributed by atoms with Crippen LogP contribution in [0.25, 0.3) is 34.2 Å². The van der Waals surface area contributed by atoms with Crippen LogP contribution in [0.1, 0.15) is 11.4 Å². The van der Waals surface area contributed by atoms with Crippen LogP contribution in [-0.2, 0) is 0 Å². The summed E-state index contributed by atoms with van der Waals surface area (Å²) in [4.78, 5) is 20.0. The van der Waals surface area contributed by atoms with Gasteiger partial charge in [-0.2, -0.15) is 0 Å². The number of nitrogens with zero attached hydrogens (tertiary/aromatic N) is 1. The van der Waals surface area contributed by atoms with Gasteiger partial charge in [-0.15, -0.1) is 0 Å². The second-order valence-electron chi connectivity index (χ2n) is 4.99. The van der Waals surface area contributed by atoms with E-state index >= 15 is 0 Å². The molecule has 0 bridgehead atoms. The molecule has 0 amide bonds. The molecule has 0 atom stereocenters. The average molecular weight is 288 g/mol. The Morgan fingerprint density at radius 1 is 1.00 bits per heavy atom. The first kappa shape index (κ1) is 12.6. The van der Waals surface area contributed by atoms with Crippen LogP contribution in [0.5, 0.6) is 0 Å². The van der Waals surface area contributed by atoms with Crippen molar-refractivity contribution in [2.24, 2.45) is 0 Å². The fraction of sp³-hybridized carbons (Fsp3) is 0. The molecule has 1 N–H and O–H groups in total. The van der Waals surface area contributed by atoms with Gasteiger partial charge in [0.15, 0.2) is 5.43 Å². The minimum Gasteiger partial charge on any atom is -0.463 e. The van der Waals surface area contributed by atoms with Gasteiger partial charge in [-0.25, -0.2) is 4.98 Å². The molecule has 2 heterocycles. The van der Waals surface area contributed by atoms with Gasteiger partial charge in [0.25, 0.3) is 0 Å². The van der Waals surface area contributed by atoms with Crippen LogP contribution in [0.4, 0.5) is 0 Å². The summed E-state index contributed by atoms with van der Waals surface area (Å²) in [6.07, 6.45) is 4.97. The summed E-state index contributed by atoms with van der Waals surface area (Å²) in [6.45, 7) is 0. The Balaban J connectivity index is 1.76. The standard InChI is InChI=1S/C18H12N2O2/c21-18-12(11-22-16-8-4-1-5-13(16)18)9-10-17-19-14-6-2-3-7-15(14)20-17/h1-11H,(H,19,20)/b10-9+. The fourth-order valence-corrected chi connectivity index (χ4v) is 2.43. The molecule has 0 spiro atoms. The summed E-state index contributed by atoms with van der Waals surface area (Å²) in [6, 6.07) is 15.0. The number of imidazole rings is 1. The number of fused-ring (bicyclic) bond motifs is 2. The number of hydrogen-bond acceptors (Lipinski definition) is 3. The molecule has 0 aliphatic heterocycles. The van der Waals surface area contributed by atoms with Crippen molar-refractivity contribution < 1.29 is 4.42 Å². The maximum atomic E-state index is 12.4. The zero-order chi connectivity index (χ0) is 14.9. The van der Waals surface area contributed by atoms with Crippen molar-refractivity contribution in [1.29, 1.82) is 0 Å². The number of aromatic nitrogens is 2. The predicted molar refractivity (Wildman–Crippen MR) is 87.5 cm³/mol. The molecule has 4 aromatic rings. The smallest absolute Gasteiger partial charge is 0.199 e. The maximum absolute atomic E-state index is 12.4. The highest BCUT2D eigenvalue weighted by molar-refractivity contribution is 5.81. The fourth-order valence-electron chi connectivity index (χ4n) is 2.43. The van der Waals surface area contributed by atoms with Gasteiger partial charge in [0.1, 0.15) is 17.7 Å². The Morgan fingerprint density at radius 3 is 2.73 bits per heavy atom. The number of benzene rings is 2. The molecule has 22 heavy (non-hydrogen) atoms. The number of H-pyrrole nitrogens is 1. The summed E-state index contributed by atoms with van der Waals surface area (Å²) in [5.41, 5.74) is 2.90. The molecule has 4 rings (SSSR count). The monoisotopic (exact) mass is 288 g/mol. The lowest BCUT2D eigenvalue weighted by molar-refractivity contribution is 0.601. The first-order chi connectivity index (χ1) is 10.8. The highest BCUT2D eigenvalue weighted by atomic mass is 16.3. The minimum absolute atomic E-state index is 0.0470. The van der Waals surface area contributed by atoms with Gasteiger partial charge in [-0.3, -0.25) is 4.79 Å². The van der Waals surface area contributed by atoms with Crippen LogP contribution in [0, 0.1) is 0 Å². The van der Waals surface area contributed by atoms with E-state index in [-0.39, 0.29) is 5.43 Å². The van der Waals surface area contributed by atoms with Gasteiger partial charge >= 0.3 is 0 Å². The summed E-state index contributed by atoms with van der Waals surface area (Å²) < 4.78 is 5.49. The maximum Gasteiger partial charge on any atom is 0.199 e.